The largest absolute Gasteiger partial charge is 0.508 e. The number of amides is 1. The highest BCUT2D eigenvalue weighted by molar-refractivity contribution is 5.94. The van der Waals surface area contributed by atoms with Crippen LogP contribution in [0.25, 0.3) is 0 Å². The normalized spacial score (nSPS) is 17.7. The molecule has 0 heterocycles. The van der Waals surface area contributed by atoms with Gasteiger partial charge in [-0.25, -0.2) is 4.39 Å². The van der Waals surface area contributed by atoms with Gasteiger partial charge in [-0.15, -0.1) is 0 Å². The Morgan fingerprint density at radius 3 is 2.67 bits per heavy atom. The fourth-order valence-electron chi connectivity index (χ4n) is 2.24. The van der Waals surface area contributed by atoms with Crippen molar-refractivity contribution in [3.63, 3.8) is 0 Å². The monoisotopic (exact) mass is 253 g/mol. The second-order valence-corrected chi connectivity index (χ2v) is 4.78. The topological polar surface area (TPSA) is 69.6 Å². The van der Waals surface area contributed by atoms with Gasteiger partial charge in [0.25, 0.3) is 5.91 Å². The van der Waals surface area contributed by atoms with Crippen molar-refractivity contribution in [2.45, 2.75) is 31.3 Å². The van der Waals surface area contributed by atoms with Gasteiger partial charge in [0.1, 0.15) is 11.6 Å². The van der Waals surface area contributed by atoms with Gasteiger partial charge in [-0.05, 0) is 25.0 Å². The third kappa shape index (κ3) is 2.79. The van der Waals surface area contributed by atoms with Crippen LogP contribution in [0, 0.1) is 5.82 Å². The van der Waals surface area contributed by atoms with Crippen LogP contribution in [0.1, 0.15) is 36.0 Å². The molecule has 18 heavy (non-hydrogen) atoms. The summed E-state index contributed by atoms with van der Waals surface area (Å²) in [6.07, 6.45) is 3.20. The van der Waals surface area contributed by atoms with Gasteiger partial charge in [0.15, 0.2) is 0 Å². The summed E-state index contributed by atoms with van der Waals surface area (Å²) in [7, 11) is 0. The second-order valence-electron chi connectivity index (χ2n) is 4.78. The molecule has 1 saturated carbocycles. The summed E-state index contributed by atoms with van der Waals surface area (Å²) in [6.45, 7) is 0.131. The predicted molar refractivity (Wildman–Crippen MR) is 63.8 cm³/mol. The van der Waals surface area contributed by atoms with Gasteiger partial charge in [0.2, 0.25) is 0 Å². The van der Waals surface area contributed by atoms with E-state index in [-0.39, 0.29) is 17.9 Å². The van der Waals surface area contributed by atoms with Crippen LogP contribution in [0.2, 0.25) is 0 Å². The van der Waals surface area contributed by atoms with Gasteiger partial charge in [-0.1, -0.05) is 12.8 Å². The molecule has 5 heteroatoms. The molecular formula is C13H16FNO3. The average Bonchev–Trinajstić information content (AvgIpc) is 2.74. The number of phenols is 1. The van der Waals surface area contributed by atoms with E-state index in [0.29, 0.717) is 12.8 Å². The van der Waals surface area contributed by atoms with E-state index in [1.807, 2.05) is 0 Å². The highest BCUT2D eigenvalue weighted by atomic mass is 19.1. The lowest BCUT2D eigenvalue weighted by Crippen LogP contribution is -2.41. The molecule has 0 atom stereocenters. The van der Waals surface area contributed by atoms with Crippen molar-refractivity contribution in [3.05, 3.63) is 29.6 Å². The van der Waals surface area contributed by atoms with Gasteiger partial charge < -0.3 is 15.5 Å². The number of phenolic OH excluding ortho intramolecular Hbond substituents is 1. The Balaban J connectivity index is 1.99. The first-order valence-electron chi connectivity index (χ1n) is 5.99. The van der Waals surface area contributed by atoms with Crippen LogP contribution in [0.5, 0.6) is 5.75 Å². The van der Waals surface area contributed by atoms with Gasteiger partial charge in [-0.3, -0.25) is 4.79 Å². The number of carbonyl (C=O) groups is 1. The summed E-state index contributed by atoms with van der Waals surface area (Å²) in [5.41, 5.74) is -0.988. The maximum Gasteiger partial charge on any atom is 0.254 e. The van der Waals surface area contributed by atoms with Crippen LogP contribution in [-0.2, 0) is 0 Å². The first-order chi connectivity index (χ1) is 8.50. The molecule has 1 fully saturated rings. The SMILES string of the molecule is O=C(NCC1(O)CCCC1)c1ccc(O)cc1F. The van der Waals surface area contributed by atoms with Crippen molar-refractivity contribution >= 4 is 5.91 Å². The Morgan fingerprint density at radius 1 is 1.39 bits per heavy atom. The molecule has 4 nitrogen and oxygen atoms in total. The summed E-state index contributed by atoms with van der Waals surface area (Å²) >= 11 is 0. The summed E-state index contributed by atoms with van der Waals surface area (Å²) in [5.74, 6) is -1.57. The molecule has 98 valence electrons. The molecule has 0 bridgehead atoms. The van der Waals surface area contributed by atoms with Crippen LogP contribution < -0.4 is 5.32 Å². The molecule has 0 radical (unpaired) electrons. The highest BCUT2D eigenvalue weighted by Crippen LogP contribution is 2.28. The minimum Gasteiger partial charge on any atom is -0.508 e. The van der Waals surface area contributed by atoms with Crippen molar-refractivity contribution in [2.24, 2.45) is 0 Å². The number of halogens is 1. The molecule has 0 aliphatic heterocycles. The summed E-state index contributed by atoms with van der Waals surface area (Å²) in [5, 5.41) is 21.6. The number of aliphatic hydroxyl groups is 1. The average molecular weight is 253 g/mol. The molecule has 0 unspecified atom stereocenters. The first kappa shape index (κ1) is 12.8. The fraction of sp³-hybridized carbons (Fsp3) is 0.462. The summed E-state index contributed by atoms with van der Waals surface area (Å²) in [4.78, 5) is 11.7. The quantitative estimate of drug-likeness (QED) is 0.765. The van der Waals surface area contributed by atoms with Crippen LogP contribution in [0.15, 0.2) is 18.2 Å². The van der Waals surface area contributed by atoms with Crippen molar-refractivity contribution in [1.29, 1.82) is 0 Å². The Hall–Kier alpha value is -1.62. The molecule has 0 aromatic heterocycles. The summed E-state index contributed by atoms with van der Waals surface area (Å²) in [6, 6.07) is 3.36. The van der Waals surface area contributed by atoms with Crippen LogP contribution in [0.4, 0.5) is 4.39 Å². The smallest absolute Gasteiger partial charge is 0.254 e. The van der Waals surface area contributed by atoms with E-state index in [1.165, 1.54) is 12.1 Å². The van der Waals surface area contributed by atoms with Crippen LogP contribution in [-0.4, -0.2) is 28.3 Å². The first-order valence-corrected chi connectivity index (χ1v) is 5.99. The Kier molecular flexibility index (Phi) is 3.52. The molecule has 1 amide bonds. The Bertz CT molecular complexity index is 456. The van der Waals surface area contributed by atoms with Crippen molar-refractivity contribution in [2.75, 3.05) is 6.54 Å². The molecule has 2 rings (SSSR count). The highest BCUT2D eigenvalue weighted by Gasteiger charge is 2.31. The van der Waals surface area contributed by atoms with Crippen LogP contribution in [0.3, 0.4) is 0 Å². The van der Waals surface area contributed by atoms with Crippen molar-refractivity contribution in [3.8, 4) is 5.75 Å². The predicted octanol–water partition coefficient (Wildman–Crippen LogP) is 1.57. The van der Waals surface area contributed by atoms with E-state index < -0.39 is 17.3 Å². The zero-order valence-electron chi connectivity index (χ0n) is 9.95. The number of nitrogens with one attached hydrogen (secondary N) is 1. The molecule has 0 spiro atoms. The van der Waals surface area contributed by atoms with Crippen molar-refractivity contribution < 1.29 is 19.4 Å². The van der Waals surface area contributed by atoms with Crippen molar-refractivity contribution in [1.82, 2.24) is 5.32 Å². The minimum absolute atomic E-state index is 0.130. The summed E-state index contributed by atoms with van der Waals surface area (Å²) < 4.78 is 13.4. The molecule has 1 aromatic carbocycles. The van der Waals surface area contributed by atoms with Gasteiger partial charge in [0.05, 0.1) is 11.2 Å². The van der Waals surface area contributed by atoms with Crippen LogP contribution >= 0.6 is 0 Å². The molecular weight excluding hydrogens is 237 g/mol. The number of rotatable bonds is 3. The molecule has 0 saturated heterocycles. The van der Waals surface area contributed by atoms with E-state index in [4.69, 9.17) is 5.11 Å². The van der Waals surface area contributed by atoms with E-state index in [2.05, 4.69) is 5.32 Å². The fourth-order valence-corrected chi connectivity index (χ4v) is 2.24. The third-order valence-corrected chi connectivity index (χ3v) is 3.31. The van der Waals surface area contributed by atoms with E-state index in [1.54, 1.807) is 0 Å². The lowest BCUT2D eigenvalue weighted by molar-refractivity contribution is 0.0448. The van der Waals surface area contributed by atoms with Gasteiger partial charge in [0, 0.05) is 12.6 Å². The Labute approximate surface area is 104 Å². The number of hydrogen-bond donors (Lipinski definition) is 3. The zero-order valence-corrected chi connectivity index (χ0v) is 9.95. The van der Waals surface area contributed by atoms with E-state index in [9.17, 15) is 14.3 Å². The number of hydrogen-bond acceptors (Lipinski definition) is 3. The minimum atomic E-state index is -0.858. The third-order valence-electron chi connectivity index (χ3n) is 3.31. The van der Waals surface area contributed by atoms with E-state index >= 15 is 0 Å². The maximum atomic E-state index is 13.4. The molecule has 1 aliphatic carbocycles. The lowest BCUT2D eigenvalue weighted by atomic mass is 10.0. The van der Waals surface area contributed by atoms with E-state index in [0.717, 1.165) is 18.9 Å². The number of benzene rings is 1. The zero-order chi connectivity index (χ0) is 13.2. The lowest BCUT2D eigenvalue weighted by Gasteiger charge is -2.22. The molecule has 1 aliphatic rings. The number of carbonyl (C=O) groups excluding carboxylic acids is 1. The second kappa shape index (κ2) is 4.94. The molecule has 3 N–H and O–H groups in total. The Morgan fingerprint density at radius 2 is 2.06 bits per heavy atom. The van der Waals surface area contributed by atoms with Gasteiger partial charge >= 0.3 is 0 Å². The van der Waals surface area contributed by atoms with Gasteiger partial charge in [-0.2, -0.15) is 0 Å². The number of aromatic hydroxyl groups is 1. The molecule has 1 aromatic rings. The maximum absolute atomic E-state index is 13.4. The standard InChI is InChI=1S/C13H16FNO3/c14-11-7-9(16)3-4-10(11)12(17)15-8-13(18)5-1-2-6-13/h3-4,7,16,18H,1-2,5-6,8H2,(H,15,17).